The number of nitrogens with zero attached hydrogens (tertiary/aromatic N) is 5. The van der Waals surface area contributed by atoms with Crippen LogP contribution in [0.3, 0.4) is 0 Å². The lowest BCUT2D eigenvalue weighted by atomic mass is 10.2. The number of carbonyl (C=O) groups excluding carboxylic acids is 1. The van der Waals surface area contributed by atoms with Gasteiger partial charge in [-0.2, -0.15) is 5.26 Å². The topological polar surface area (TPSA) is 112 Å². The van der Waals surface area contributed by atoms with E-state index in [4.69, 9.17) is 10.5 Å². The van der Waals surface area contributed by atoms with Crippen LogP contribution in [0.1, 0.15) is 16.1 Å². The molecule has 4 rings (SSSR count). The zero-order valence-electron chi connectivity index (χ0n) is 14.3. The van der Waals surface area contributed by atoms with Gasteiger partial charge in [0.25, 0.3) is 0 Å². The van der Waals surface area contributed by atoms with E-state index in [1.165, 1.54) is 13.3 Å². The van der Waals surface area contributed by atoms with Crippen molar-refractivity contribution in [1.82, 2.24) is 19.6 Å². The summed E-state index contributed by atoms with van der Waals surface area (Å²) in [5.74, 6) is -0.611. The summed E-state index contributed by atoms with van der Waals surface area (Å²) in [7, 11) is 1.27. The fourth-order valence-electron chi connectivity index (χ4n) is 2.93. The average molecular weight is 358 g/mol. The average Bonchev–Trinajstić information content (AvgIpc) is 3.28. The van der Waals surface area contributed by atoms with Crippen molar-refractivity contribution in [2.75, 3.05) is 12.8 Å². The molecule has 8 nitrogen and oxygen atoms in total. The predicted molar refractivity (Wildman–Crippen MR) is 98.7 cm³/mol. The van der Waals surface area contributed by atoms with Crippen LogP contribution in [-0.2, 0) is 4.74 Å². The second-order valence-corrected chi connectivity index (χ2v) is 5.78. The Morgan fingerprint density at radius 2 is 1.85 bits per heavy atom. The van der Waals surface area contributed by atoms with E-state index in [0.29, 0.717) is 5.69 Å². The first-order valence-corrected chi connectivity index (χ1v) is 8.04. The van der Waals surface area contributed by atoms with Crippen molar-refractivity contribution in [3.8, 4) is 17.4 Å². The van der Waals surface area contributed by atoms with Crippen molar-refractivity contribution in [3.05, 3.63) is 66.0 Å². The van der Waals surface area contributed by atoms with E-state index in [-0.39, 0.29) is 16.9 Å². The van der Waals surface area contributed by atoms with Gasteiger partial charge in [-0.15, -0.1) is 5.10 Å². The predicted octanol–water partition coefficient (Wildman–Crippen LogP) is 2.45. The third-order valence-electron chi connectivity index (χ3n) is 4.27. The fourth-order valence-corrected chi connectivity index (χ4v) is 2.93. The van der Waals surface area contributed by atoms with Crippen LogP contribution < -0.4 is 5.73 Å². The number of nitriles is 1. The summed E-state index contributed by atoms with van der Waals surface area (Å²) in [6.07, 6.45) is 1.52. The number of benzene rings is 2. The number of fused-ring (bicyclic) bond motifs is 1. The normalized spacial score (nSPS) is 10.7. The third-order valence-corrected chi connectivity index (χ3v) is 4.27. The Morgan fingerprint density at radius 1 is 1.15 bits per heavy atom. The first kappa shape index (κ1) is 16.4. The van der Waals surface area contributed by atoms with Crippen molar-refractivity contribution in [2.45, 2.75) is 0 Å². The monoisotopic (exact) mass is 358 g/mol. The molecule has 0 amide bonds. The smallest absolute Gasteiger partial charge is 0.357 e. The Bertz CT molecular complexity index is 1200. The molecule has 0 aliphatic carbocycles. The SMILES string of the molecule is COC(=O)c1c(N)c(C#N)cn1-c1ccc(-n2nnc3ccccc32)cc1. The molecule has 0 radical (unpaired) electrons. The molecule has 0 saturated carbocycles. The minimum absolute atomic E-state index is 0.0932. The Labute approximate surface area is 154 Å². The summed E-state index contributed by atoms with van der Waals surface area (Å²) in [6.45, 7) is 0. The van der Waals surface area contributed by atoms with Crippen LogP contribution in [0.25, 0.3) is 22.4 Å². The van der Waals surface area contributed by atoms with Gasteiger partial charge in [-0.3, -0.25) is 0 Å². The molecule has 0 aliphatic rings. The molecule has 2 aromatic heterocycles. The molecule has 0 unspecified atom stereocenters. The first-order valence-electron chi connectivity index (χ1n) is 8.04. The molecule has 0 spiro atoms. The molecular formula is C19H14N6O2. The zero-order chi connectivity index (χ0) is 19.0. The van der Waals surface area contributed by atoms with Crippen LogP contribution >= 0.6 is 0 Å². The zero-order valence-corrected chi connectivity index (χ0v) is 14.3. The van der Waals surface area contributed by atoms with Crippen LogP contribution in [0.2, 0.25) is 0 Å². The molecule has 8 heteroatoms. The Balaban J connectivity index is 1.80. The highest BCUT2D eigenvalue weighted by Gasteiger charge is 2.21. The minimum Gasteiger partial charge on any atom is -0.464 e. The van der Waals surface area contributed by atoms with E-state index in [0.717, 1.165) is 16.7 Å². The van der Waals surface area contributed by atoms with Crippen LogP contribution in [0.15, 0.2) is 54.7 Å². The van der Waals surface area contributed by atoms with Crippen molar-refractivity contribution < 1.29 is 9.53 Å². The van der Waals surface area contributed by atoms with E-state index >= 15 is 0 Å². The number of methoxy groups -OCH3 is 1. The molecule has 132 valence electrons. The van der Waals surface area contributed by atoms with Crippen molar-refractivity contribution >= 4 is 22.7 Å². The molecular weight excluding hydrogens is 344 g/mol. The van der Waals surface area contributed by atoms with E-state index in [2.05, 4.69) is 10.3 Å². The van der Waals surface area contributed by atoms with E-state index < -0.39 is 5.97 Å². The number of nitrogen functional groups attached to an aromatic ring is 1. The van der Waals surface area contributed by atoms with Gasteiger partial charge in [-0.05, 0) is 36.4 Å². The van der Waals surface area contributed by atoms with E-state index in [9.17, 15) is 10.1 Å². The van der Waals surface area contributed by atoms with Crippen LogP contribution in [0, 0.1) is 11.3 Å². The number of hydrogen-bond acceptors (Lipinski definition) is 6. The van der Waals surface area contributed by atoms with Gasteiger partial charge in [0.05, 0.1) is 29.6 Å². The highest BCUT2D eigenvalue weighted by Crippen LogP contribution is 2.25. The maximum absolute atomic E-state index is 12.1. The molecule has 27 heavy (non-hydrogen) atoms. The van der Waals surface area contributed by atoms with Gasteiger partial charge in [-0.25, -0.2) is 9.48 Å². The molecule has 2 heterocycles. The number of ether oxygens (including phenoxy) is 1. The summed E-state index contributed by atoms with van der Waals surface area (Å²) >= 11 is 0. The van der Waals surface area contributed by atoms with Gasteiger partial charge in [0, 0.05) is 11.9 Å². The lowest BCUT2D eigenvalue weighted by molar-refractivity contribution is 0.0593. The van der Waals surface area contributed by atoms with E-state index in [1.54, 1.807) is 21.4 Å². The van der Waals surface area contributed by atoms with Crippen molar-refractivity contribution in [1.29, 1.82) is 5.26 Å². The van der Waals surface area contributed by atoms with Gasteiger partial charge in [0.1, 0.15) is 11.6 Å². The standard InChI is InChI=1S/C19H14N6O2/c1-27-19(26)18-17(21)12(10-20)11-24(18)13-6-8-14(9-7-13)25-16-5-3-2-4-15(16)22-23-25/h2-9,11H,21H2,1H3. The Morgan fingerprint density at radius 3 is 2.56 bits per heavy atom. The highest BCUT2D eigenvalue weighted by atomic mass is 16.5. The number of rotatable bonds is 3. The number of para-hydroxylation sites is 1. The third kappa shape index (κ3) is 2.58. The second-order valence-electron chi connectivity index (χ2n) is 5.78. The molecule has 0 aliphatic heterocycles. The molecule has 2 N–H and O–H groups in total. The number of nitrogens with two attached hydrogens (primary N) is 1. The molecule has 0 atom stereocenters. The quantitative estimate of drug-likeness (QED) is 0.563. The fraction of sp³-hybridized carbons (Fsp3) is 0.0526. The number of anilines is 1. The number of hydrogen-bond donors (Lipinski definition) is 1. The van der Waals surface area contributed by atoms with Crippen LogP contribution in [-0.4, -0.2) is 32.6 Å². The molecule has 0 fully saturated rings. The number of esters is 1. The molecule has 4 aromatic rings. The van der Waals surface area contributed by atoms with Gasteiger partial charge >= 0.3 is 5.97 Å². The molecule has 0 saturated heterocycles. The summed E-state index contributed by atoms with van der Waals surface area (Å²) in [4.78, 5) is 12.1. The largest absolute Gasteiger partial charge is 0.464 e. The summed E-state index contributed by atoms with van der Waals surface area (Å²) in [5, 5.41) is 17.5. The molecule has 0 bridgehead atoms. The maximum atomic E-state index is 12.1. The van der Waals surface area contributed by atoms with Gasteiger partial charge in [-0.1, -0.05) is 17.3 Å². The first-order chi connectivity index (χ1) is 13.1. The minimum atomic E-state index is -0.611. The van der Waals surface area contributed by atoms with Gasteiger partial charge < -0.3 is 15.0 Å². The van der Waals surface area contributed by atoms with Crippen LogP contribution in [0.4, 0.5) is 5.69 Å². The summed E-state index contributed by atoms with van der Waals surface area (Å²) in [6, 6.07) is 16.9. The van der Waals surface area contributed by atoms with Gasteiger partial charge in [0.15, 0.2) is 5.69 Å². The maximum Gasteiger partial charge on any atom is 0.357 e. The Hall–Kier alpha value is -4.12. The number of aromatic nitrogens is 4. The van der Waals surface area contributed by atoms with E-state index in [1.807, 2.05) is 42.5 Å². The summed E-state index contributed by atoms with van der Waals surface area (Å²) in [5.41, 5.74) is 9.51. The molecule has 2 aromatic carbocycles. The van der Waals surface area contributed by atoms with Crippen molar-refractivity contribution in [3.63, 3.8) is 0 Å². The van der Waals surface area contributed by atoms with Gasteiger partial charge in [0.2, 0.25) is 0 Å². The van der Waals surface area contributed by atoms with Crippen molar-refractivity contribution in [2.24, 2.45) is 0 Å². The summed E-state index contributed by atoms with van der Waals surface area (Å²) < 4.78 is 8.07. The van der Waals surface area contributed by atoms with Crippen LogP contribution in [0.5, 0.6) is 0 Å². The lowest BCUT2D eigenvalue weighted by Crippen LogP contribution is -2.11. The number of carbonyl (C=O) groups is 1. The highest BCUT2D eigenvalue weighted by molar-refractivity contribution is 5.96. The second kappa shape index (κ2) is 6.31. The lowest BCUT2D eigenvalue weighted by Gasteiger charge is -2.09. The Kier molecular flexibility index (Phi) is 3.82.